The van der Waals surface area contributed by atoms with E-state index in [0.29, 0.717) is 37.0 Å². The largest absolute Gasteiger partial charge is 0.489 e. The molecule has 0 bridgehead atoms. The van der Waals surface area contributed by atoms with Gasteiger partial charge in [0.05, 0.1) is 24.9 Å². The van der Waals surface area contributed by atoms with Crippen LogP contribution >= 0.6 is 0 Å². The van der Waals surface area contributed by atoms with Gasteiger partial charge >= 0.3 is 6.01 Å². The monoisotopic (exact) mass is 391 g/mol. The zero-order valence-corrected chi connectivity index (χ0v) is 16.3. The van der Waals surface area contributed by atoms with E-state index in [-0.39, 0.29) is 5.91 Å². The molecule has 0 unspecified atom stereocenters. The number of hydrogen-bond donors (Lipinski definition) is 1. The Kier molecular flexibility index (Phi) is 5.24. The lowest BCUT2D eigenvalue weighted by Gasteiger charge is -2.33. The highest BCUT2D eigenvalue weighted by atomic mass is 16.5. The summed E-state index contributed by atoms with van der Waals surface area (Å²) in [6.07, 6.45) is 6.95. The summed E-state index contributed by atoms with van der Waals surface area (Å²) in [4.78, 5) is 27.3. The zero-order valence-electron chi connectivity index (χ0n) is 16.3. The molecule has 1 aromatic carbocycles. The number of hydrogen-bond acceptors (Lipinski definition) is 7. The summed E-state index contributed by atoms with van der Waals surface area (Å²) in [6.45, 7) is 1.87. The molecule has 1 N–H and O–H groups in total. The topological polar surface area (TPSA) is 89.5 Å². The van der Waals surface area contributed by atoms with Gasteiger partial charge in [0.15, 0.2) is 5.75 Å². The number of pyridine rings is 1. The fourth-order valence-corrected chi connectivity index (χ4v) is 3.30. The molecule has 8 nitrogen and oxygen atoms in total. The summed E-state index contributed by atoms with van der Waals surface area (Å²) in [7, 11) is 3.12. The number of methoxy groups -OCH3 is 1. The summed E-state index contributed by atoms with van der Waals surface area (Å²) in [6, 6.07) is 8.04. The maximum Gasteiger partial charge on any atom is 0.316 e. The number of nitrogens with zero attached hydrogens (tertiary/aromatic N) is 4. The van der Waals surface area contributed by atoms with E-state index in [0.717, 1.165) is 22.4 Å². The van der Waals surface area contributed by atoms with Gasteiger partial charge in [-0.3, -0.25) is 9.78 Å². The minimum Gasteiger partial charge on any atom is -0.489 e. The maximum absolute atomic E-state index is 12.6. The van der Waals surface area contributed by atoms with Crippen molar-refractivity contribution in [2.75, 3.05) is 32.2 Å². The third-order valence-corrected chi connectivity index (χ3v) is 4.73. The van der Waals surface area contributed by atoms with Crippen molar-refractivity contribution in [3.63, 3.8) is 0 Å². The second-order valence-corrected chi connectivity index (χ2v) is 6.54. The smallest absolute Gasteiger partial charge is 0.316 e. The number of aromatic nitrogens is 3. The maximum atomic E-state index is 12.6. The molecular weight excluding hydrogens is 370 g/mol. The first-order valence-electron chi connectivity index (χ1n) is 9.22. The van der Waals surface area contributed by atoms with Gasteiger partial charge in [-0.15, -0.1) is 0 Å². The van der Waals surface area contributed by atoms with Gasteiger partial charge in [-0.1, -0.05) is 6.07 Å². The number of rotatable bonds is 5. The highest BCUT2D eigenvalue weighted by Crippen LogP contribution is 2.39. The summed E-state index contributed by atoms with van der Waals surface area (Å²) in [5, 5.41) is 2.69. The van der Waals surface area contributed by atoms with Crippen LogP contribution < -0.4 is 19.7 Å². The standard InChI is InChI=1S/C21H21N5O3/c1-22-20(27)17-8-15(16-11-24-21(28-2)25-12-16)9-18-19(17)29-7-6-26(18)13-14-4-3-5-23-10-14/h3-5,8-12H,6-7,13H2,1-2H3,(H,22,27). The molecule has 1 aliphatic rings. The first kappa shape index (κ1) is 18.7. The molecule has 0 fully saturated rings. The number of anilines is 1. The molecule has 8 heteroatoms. The van der Waals surface area contributed by atoms with Crippen LogP contribution in [0.25, 0.3) is 11.1 Å². The second-order valence-electron chi connectivity index (χ2n) is 6.54. The minimum atomic E-state index is -0.208. The fourth-order valence-electron chi connectivity index (χ4n) is 3.30. The Labute approximate surface area is 168 Å². The van der Waals surface area contributed by atoms with Crippen molar-refractivity contribution in [3.8, 4) is 22.9 Å². The number of carbonyl (C=O) groups is 1. The van der Waals surface area contributed by atoms with Crippen LogP contribution in [-0.4, -0.2) is 48.2 Å². The van der Waals surface area contributed by atoms with Gasteiger partial charge in [0.2, 0.25) is 0 Å². The molecule has 0 saturated heterocycles. The van der Waals surface area contributed by atoms with E-state index in [9.17, 15) is 4.79 Å². The first-order chi connectivity index (χ1) is 14.2. The molecule has 1 aliphatic heterocycles. The lowest BCUT2D eigenvalue weighted by molar-refractivity contribution is 0.0958. The number of fused-ring (bicyclic) bond motifs is 1. The highest BCUT2D eigenvalue weighted by molar-refractivity contribution is 6.00. The van der Waals surface area contributed by atoms with Gasteiger partial charge in [0, 0.05) is 43.9 Å². The molecule has 0 radical (unpaired) electrons. The van der Waals surface area contributed by atoms with Crippen molar-refractivity contribution in [3.05, 3.63) is 60.2 Å². The quantitative estimate of drug-likeness (QED) is 0.714. The molecule has 4 rings (SSSR count). The van der Waals surface area contributed by atoms with Crippen molar-refractivity contribution in [2.24, 2.45) is 0 Å². The molecule has 148 valence electrons. The lowest BCUT2D eigenvalue weighted by Crippen LogP contribution is -2.33. The van der Waals surface area contributed by atoms with Gasteiger partial charge < -0.3 is 19.7 Å². The van der Waals surface area contributed by atoms with Crippen LogP contribution in [-0.2, 0) is 6.54 Å². The SMILES string of the molecule is CNC(=O)c1cc(-c2cnc(OC)nc2)cc2c1OCCN2Cc1cccnc1. The summed E-state index contributed by atoms with van der Waals surface area (Å²) >= 11 is 0. The zero-order chi connectivity index (χ0) is 20.2. The average molecular weight is 391 g/mol. The number of carbonyl (C=O) groups excluding carboxylic acids is 1. The molecule has 3 heterocycles. The lowest BCUT2D eigenvalue weighted by atomic mass is 10.0. The van der Waals surface area contributed by atoms with E-state index in [1.807, 2.05) is 24.4 Å². The third kappa shape index (κ3) is 3.82. The number of amides is 1. The fraction of sp³-hybridized carbons (Fsp3) is 0.238. The van der Waals surface area contributed by atoms with Crippen LogP contribution in [0.4, 0.5) is 5.69 Å². The van der Waals surface area contributed by atoms with Crippen LogP contribution in [0, 0.1) is 0 Å². The van der Waals surface area contributed by atoms with E-state index in [1.165, 1.54) is 7.11 Å². The predicted molar refractivity (Wildman–Crippen MR) is 108 cm³/mol. The Morgan fingerprint density at radius 3 is 2.76 bits per heavy atom. The predicted octanol–water partition coefficient (Wildman–Crippen LogP) is 2.31. The summed E-state index contributed by atoms with van der Waals surface area (Å²) in [5.74, 6) is 0.374. The van der Waals surface area contributed by atoms with Gasteiger partial charge in [-0.2, -0.15) is 0 Å². The Bertz CT molecular complexity index is 1010. The molecular formula is C21H21N5O3. The summed E-state index contributed by atoms with van der Waals surface area (Å²) in [5.41, 5.74) is 4.02. The Balaban J connectivity index is 1.79. The molecule has 0 atom stereocenters. The van der Waals surface area contributed by atoms with E-state index >= 15 is 0 Å². The van der Waals surface area contributed by atoms with E-state index in [4.69, 9.17) is 9.47 Å². The second kappa shape index (κ2) is 8.14. The van der Waals surface area contributed by atoms with Gasteiger partial charge in [0.25, 0.3) is 5.91 Å². The van der Waals surface area contributed by atoms with Crippen molar-refractivity contribution < 1.29 is 14.3 Å². The summed E-state index contributed by atoms with van der Waals surface area (Å²) < 4.78 is 10.9. The first-order valence-corrected chi connectivity index (χ1v) is 9.22. The number of nitrogens with one attached hydrogen (secondary N) is 1. The highest BCUT2D eigenvalue weighted by Gasteiger charge is 2.25. The van der Waals surface area contributed by atoms with Crippen LogP contribution in [0.5, 0.6) is 11.8 Å². The molecule has 0 aliphatic carbocycles. The van der Waals surface area contributed by atoms with E-state index < -0.39 is 0 Å². The Morgan fingerprint density at radius 1 is 1.24 bits per heavy atom. The van der Waals surface area contributed by atoms with Crippen molar-refractivity contribution in [2.45, 2.75) is 6.54 Å². The van der Waals surface area contributed by atoms with Crippen LogP contribution in [0.3, 0.4) is 0 Å². The molecule has 1 amide bonds. The number of ether oxygens (including phenoxy) is 2. The van der Waals surface area contributed by atoms with Crippen molar-refractivity contribution in [1.29, 1.82) is 0 Å². The van der Waals surface area contributed by atoms with Gasteiger partial charge in [-0.05, 0) is 29.3 Å². The van der Waals surface area contributed by atoms with Crippen molar-refractivity contribution in [1.82, 2.24) is 20.3 Å². The van der Waals surface area contributed by atoms with E-state index in [2.05, 4.69) is 25.2 Å². The average Bonchev–Trinajstić information content (AvgIpc) is 2.79. The molecule has 2 aromatic heterocycles. The normalized spacial score (nSPS) is 12.7. The van der Waals surface area contributed by atoms with Gasteiger partial charge in [0.1, 0.15) is 6.61 Å². The Hall–Kier alpha value is -3.68. The number of benzene rings is 1. The van der Waals surface area contributed by atoms with Crippen LogP contribution in [0.1, 0.15) is 15.9 Å². The molecule has 3 aromatic rings. The Morgan fingerprint density at radius 2 is 2.07 bits per heavy atom. The third-order valence-electron chi connectivity index (χ3n) is 4.73. The minimum absolute atomic E-state index is 0.208. The van der Waals surface area contributed by atoms with Crippen LogP contribution in [0.2, 0.25) is 0 Å². The molecule has 0 saturated carbocycles. The van der Waals surface area contributed by atoms with E-state index in [1.54, 1.807) is 31.7 Å². The van der Waals surface area contributed by atoms with Crippen LogP contribution in [0.15, 0.2) is 49.1 Å². The van der Waals surface area contributed by atoms with Crippen molar-refractivity contribution >= 4 is 11.6 Å². The van der Waals surface area contributed by atoms with Gasteiger partial charge in [-0.25, -0.2) is 9.97 Å². The molecule has 29 heavy (non-hydrogen) atoms. The molecule has 0 spiro atoms.